The van der Waals surface area contributed by atoms with Crippen molar-refractivity contribution in [2.45, 2.75) is 26.7 Å². The molecule has 23 heavy (non-hydrogen) atoms. The molecule has 0 saturated carbocycles. The van der Waals surface area contributed by atoms with Gasteiger partial charge in [-0.1, -0.05) is 29.3 Å². The van der Waals surface area contributed by atoms with Crippen LogP contribution in [-0.2, 0) is 0 Å². The summed E-state index contributed by atoms with van der Waals surface area (Å²) in [7, 11) is 1.80. The number of unbranched alkanes of at least 4 members (excludes halogenated alkanes) is 1. The second-order valence-electron chi connectivity index (χ2n) is 5.43. The van der Waals surface area contributed by atoms with E-state index in [2.05, 4.69) is 38.1 Å². The first kappa shape index (κ1) is 17.4. The summed E-state index contributed by atoms with van der Waals surface area (Å²) in [5.41, 5.74) is 2.39. The minimum Gasteiger partial charge on any atom is -0.340 e. The third-order valence-corrected chi connectivity index (χ3v) is 4.37. The Balaban J connectivity index is 2.13. The van der Waals surface area contributed by atoms with Gasteiger partial charge in [-0.15, -0.1) is 0 Å². The molecule has 1 aromatic heterocycles. The molecular weight excluding hydrogens is 356 g/mol. The molecule has 0 radical (unpaired) electrons. The Morgan fingerprint density at radius 2 is 2.13 bits per heavy atom. The first-order valence-corrected chi connectivity index (χ1v) is 8.42. The Morgan fingerprint density at radius 1 is 1.35 bits per heavy atom. The highest BCUT2D eigenvalue weighted by Gasteiger charge is 2.13. The lowest BCUT2D eigenvalue weighted by molar-refractivity contribution is 0.0787. The molecule has 6 heteroatoms. The molecule has 1 aromatic carbocycles. The van der Waals surface area contributed by atoms with Crippen molar-refractivity contribution < 1.29 is 4.79 Å². The number of hydrogen-bond donors (Lipinski definition) is 1. The van der Waals surface area contributed by atoms with Crippen LogP contribution < -0.4 is 5.32 Å². The van der Waals surface area contributed by atoms with Crippen LogP contribution in [0.5, 0.6) is 0 Å². The molecule has 1 N–H and O–H groups in total. The van der Waals surface area contributed by atoms with E-state index in [0.29, 0.717) is 11.6 Å². The Kier molecular flexibility index (Phi) is 6.10. The number of rotatable bonds is 6. The highest BCUT2D eigenvalue weighted by molar-refractivity contribution is 9.10. The summed E-state index contributed by atoms with van der Waals surface area (Å²) in [5, 5.41) is 3.14. The molecule has 0 spiro atoms. The molecule has 2 aromatic rings. The number of nitrogens with one attached hydrogen (secondary N) is 1. The van der Waals surface area contributed by atoms with E-state index < -0.39 is 0 Å². The molecule has 2 rings (SSSR count). The van der Waals surface area contributed by atoms with Crippen LogP contribution in [0.1, 0.15) is 35.8 Å². The van der Waals surface area contributed by atoms with Crippen molar-refractivity contribution in [1.82, 2.24) is 14.9 Å². The van der Waals surface area contributed by atoms with E-state index in [1.807, 2.05) is 25.1 Å². The molecule has 0 bridgehead atoms. The number of anilines is 2. The van der Waals surface area contributed by atoms with Gasteiger partial charge in [0.1, 0.15) is 5.69 Å². The summed E-state index contributed by atoms with van der Waals surface area (Å²) in [4.78, 5) is 22.6. The molecule has 0 atom stereocenters. The topological polar surface area (TPSA) is 58.1 Å². The van der Waals surface area contributed by atoms with E-state index in [0.717, 1.165) is 35.1 Å². The number of hydrogen-bond acceptors (Lipinski definition) is 4. The van der Waals surface area contributed by atoms with E-state index >= 15 is 0 Å². The quantitative estimate of drug-likeness (QED) is 0.821. The van der Waals surface area contributed by atoms with Crippen molar-refractivity contribution in [3.8, 4) is 0 Å². The first-order valence-electron chi connectivity index (χ1n) is 7.63. The number of aromatic nitrogens is 2. The van der Waals surface area contributed by atoms with Crippen LogP contribution >= 0.6 is 15.9 Å². The Labute approximate surface area is 145 Å². The van der Waals surface area contributed by atoms with E-state index in [1.165, 1.54) is 0 Å². The lowest BCUT2D eigenvalue weighted by atomic mass is 10.2. The number of halogens is 1. The minimum absolute atomic E-state index is 0.0871. The number of carbonyl (C=O) groups is 1. The van der Waals surface area contributed by atoms with Gasteiger partial charge in [-0.3, -0.25) is 4.79 Å². The third kappa shape index (κ3) is 4.76. The van der Waals surface area contributed by atoms with E-state index in [4.69, 9.17) is 0 Å². The number of benzene rings is 1. The van der Waals surface area contributed by atoms with E-state index in [1.54, 1.807) is 24.2 Å². The molecule has 122 valence electrons. The second-order valence-corrected chi connectivity index (χ2v) is 6.29. The van der Waals surface area contributed by atoms with E-state index in [9.17, 15) is 4.79 Å². The van der Waals surface area contributed by atoms with E-state index in [-0.39, 0.29) is 5.91 Å². The summed E-state index contributed by atoms with van der Waals surface area (Å²) < 4.78 is 1.05. The second kappa shape index (κ2) is 8.06. The average molecular weight is 377 g/mol. The van der Waals surface area contributed by atoms with Crippen molar-refractivity contribution in [3.63, 3.8) is 0 Å². The van der Waals surface area contributed by atoms with Crippen LogP contribution in [0, 0.1) is 6.92 Å². The minimum atomic E-state index is -0.0871. The number of carbonyl (C=O) groups excluding carboxylic acids is 1. The Hall–Kier alpha value is -1.95. The lowest BCUT2D eigenvalue weighted by Crippen LogP contribution is -2.28. The molecule has 5 nitrogen and oxygen atoms in total. The SMILES string of the molecule is CCCCN(C)C(=O)c1ccnc(Nc2ccc(Br)c(C)c2)n1. The van der Waals surface area contributed by atoms with Gasteiger partial charge in [0.15, 0.2) is 0 Å². The maximum Gasteiger partial charge on any atom is 0.272 e. The Bertz CT molecular complexity index is 690. The monoisotopic (exact) mass is 376 g/mol. The molecule has 0 aliphatic rings. The van der Waals surface area contributed by atoms with Gasteiger partial charge < -0.3 is 10.2 Å². The molecule has 0 aliphatic heterocycles. The fourth-order valence-corrected chi connectivity index (χ4v) is 2.33. The van der Waals surface area contributed by atoms with Crippen LogP contribution in [0.4, 0.5) is 11.6 Å². The molecule has 0 saturated heterocycles. The first-order chi connectivity index (χ1) is 11.0. The fraction of sp³-hybridized carbons (Fsp3) is 0.353. The van der Waals surface area contributed by atoms with Crippen molar-refractivity contribution in [2.24, 2.45) is 0 Å². The molecule has 0 fully saturated rings. The zero-order valence-electron chi connectivity index (χ0n) is 13.6. The van der Waals surface area contributed by atoms with Gasteiger partial charge in [0, 0.05) is 29.9 Å². The van der Waals surface area contributed by atoms with Crippen molar-refractivity contribution >= 4 is 33.5 Å². The zero-order chi connectivity index (χ0) is 16.8. The largest absolute Gasteiger partial charge is 0.340 e. The smallest absolute Gasteiger partial charge is 0.272 e. The summed E-state index contributed by atoms with van der Waals surface area (Å²) in [6, 6.07) is 7.53. The predicted molar refractivity (Wildman–Crippen MR) is 96.1 cm³/mol. The van der Waals surface area contributed by atoms with Crippen LogP contribution in [0.2, 0.25) is 0 Å². The Morgan fingerprint density at radius 3 is 2.83 bits per heavy atom. The zero-order valence-corrected chi connectivity index (χ0v) is 15.2. The molecule has 0 aliphatic carbocycles. The van der Waals surface area contributed by atoms with Crippen LogP contribution in [0.15, 0.2) is 34.9 Å². The maximum atomic E-state index is 12.4. The van der Waals surface area contributed by atoms with Gasteiger partial charge in [-0.25, -0.2) is 9.97 Å². The highest BCUT2D eigenvalue weighted by atomic mass is 79.9. The van der Waals surface area contributed by atoms with Crippen molar-refractivity contribution in [3.05, 3.63) is 46.2 Å². The van der Waals surface area contributed by atoms with Crippen LogP contribution in [0.25, 0.3) is 0 Å². The summed E-state index contributed by atoms with van der Waals surface area (Å²) in [6.07, 6.45) is 3.63. The summed E-state index contributed by atoms with van der Waals surface area (Å²) in [6.45, 7) is 4.85. The van der Waals surface area contributed by atoms with Gasteiger partial charge in [0.05, 0.1) is 0 Å². The number of nitrogens with zero attached hydrogens (tertiary/aromatic N) is 3. The van der Waals surface area contributed by atoms with Crippen LogP contribution in [-0.4, -0.2) is 34.4 Å². The standard InChI is InChI=1S/C17H21BrN4O/c1-4-5-10-22(3)16(23)15-8-9-19-17(21-15)20-13-6-7-14(18)12(2)11-13/h6-9,11H,4-5,10H2,1-3H3,(H,19,20,21). The molecule has 0 unspecified atom stereocenters. The van der Waals surface area contributed by atoms with Gasteiger partial charge in [0.25, 0.3) is 5.91 Å². The molecule has 1 heterocycles. The highest BCUT2D eigenvalue weighted by Crippen LogP contribution is 2.21. The number of aryl methyl sites for hydroxylation is 1. The number of amides is 1. The predicted octanol–water partition coefficient (Wildman–Crippen LogP) is 4.16. The molecule has 1 amide bonds. The lowest BCUT2D eigenvalue weighted by Gasteiger charge is -2.16. The summed E-state index contributed by atoms with van der Waals surface area (Å²) in [5.74, 6) is 0.331. The van der Waals surface area contributed by atoms with Gasteiger partial charge in [-0.2, -0.15) is 0 Å². The normalized spacial score (nSPS) is 10.4. The maximum absolute atomic E-state index is 12.4. The average Bonchev–Trinajstić information content (AvgIpc) is 2.55. The fourth-order valence-electron chi connectivity index (χ4n) is 2.08. The van der Waals surface area contributed by atoms with Gasteiger partial charge in [-0.05, 0) is 43.2 Å². The van der Waals surface area contributed by atoms with Crippen LogP contribution in [0.3, 0.4) is 0 Å². The summed E-state index contributed by atoms with van der Waals surface area (Å²) >= 11 is 3.47. The van der Waals surface area contributed by atoms with Gasteiger partial charge >= 0.3 is 0 Å². The third-order valence-electron chi connectivity index (χ3n) is 3.48. The van der Waals surface area contributed by atoms with Crippen molar-refractivity contribution in [1.29, 1.82) is 0 Å². The molecular formula is C17H21BrN4O. The van der Waals surface area contributed by atoms with Gasteiger partial charge in [0.2, 0.25) is 5.95 Å². The van der Waals surface area contributed by atoms with Crippen molar-refractivity contribution in [2.75, 3.05) is 18.9 Å².